The first-order chi connectivity index (χ1) is 10.8. The lowest BCUT2D eigenvalue weighted by Gasteiger charge is -2.31. The number of hydrogen-bond acceptors (Lipinski definition) is 4. The molecule has 0 aromatic carbocycles. The number of hydrogen-bond donors (Lipinski definition) is 1. The predicted molar refractivity (Wildman–Crippen MR) is 86.9 cm³/mol. The summed E-state index contributed by atoms with van der Waals surface area (Å²) in [5.74, 6) is 0.732. The zero-order valence-corrected chi connectivity index (χ0v) is 12.7. The van der Waals surface area contributed by atoms with Crippen molar-refractivity contribution in [3.63, 3.8) is 0 Å². The lowest BCUT2D eigenvalue weighted by molar-refractivity contribution is 0.154. The first-order valence-corrected chi connectivity index (χ1v) is 8.14. The zero-order valence-electron chi connectivity index (χ0n) is 12.7. The number of β-amino-alcohol motifs (C(OH)–C–C–N with tert-alkyl or cyclic N) is 1. The van der Waals surface area contributed by atoms with Crippen LogP contribution in [0.1, 0.15) is 37.2 Å². The van der Waals surface area contributed by atoms with Crippen LogP contribution in [0.2, 0.25) is 0 Å². The SMILES string of the molecule is O[C@H]1CCCN(c2cncc(-c3cc(C4CC4)ccn3)c2)C1. The molecule has 3 heterocycles. The second-order valence-electron chi connectivity index (χ2n) is 6.42. The van der Waals surface area contributed by atoms with Crippen molar-refractivity contribution >= 4 is 5.69 Å². The first-order valence-electron chi connectivity index (χ1n) is 8.14. The van der Waals surface area contributed by atoms with E-state index >= 15 is 0 Å². The second kappa shape index (κ2) is 5.69. The Hall–Kier alpha value is -1.94. The monoisotopic (exact) mass is 295 g/mol. The van der Waals surface area contributed by atoms with E-state index < -0.39 is 0 Å². The molecule has 4 nitrogen and oxygen atoms in total. The number of aliphatic hydroxyl groups excluding tert-OH is 1. The van der Waals surface area contributed by atoms with Crippen molar-refractivity contribution in [1.82, 2.24) is 9.97 Å². The van der Waals surface area contributed by atoms with Crippen molar-refractivity contribution in [3.05, 3.63) is 42.4 Å². The van der Waals surface area contributed by atoms with E-state index in [0.29, 0.717) is 6.54 Å². The summed E-state index contributed by atoms with van der Waals surface area (Å²) in [7, 11) is 0. The molecule has 1 N–H and O–H groups in total. The van der Waals surface area contributed by atoms with Gasteiger partial charge in [0.05, 0.1) is 23.7 Å². The van der Waals surface area contributed by atoms with Gasteiger partial charge in [0.25, 0.3) is 0 Å². The van der Waals surface area contributed by atoms with Crippen LogP contribution in [-0.4, -0.2) is 34.3 Å². The number of nitrogens with zero attached hydrogens (tertiary/aromatic N) is 3. The third kappa shape index (κ3) is 2.83. The number of aromatic nitrogens is 2. The van der Waals surface area contributed by atoms with Gasteiger partial charge in [-0.15, -0.1) is 0 Å². The Labute approximate surface area is 130 Å². The molecular weight excluding hydrogens is 274 g/mol. The third-order valence-corrected chi connectivity index (χ3v) is 4.61. The summed E-state index contributed by atoms with van der Waals surface area (Å²) in [6.07, 6.45) is 9.96. The summed E-state index contributed by atoms with van der Waals surface area (Å²) in [5.41, 5.74) is 4.52. The number of rotatable bonds is 3. The minimum atomic E-state index is -0.228. The molecule has 4 rings (SSSR count). The molecule has 0 bridgehead atoms. The zero-order chi connectivity index (χ0) is 14.9. The van der Waals surface area contributed by atoms with Crippen molar-refractivity contribution in [3.8, 4) is 11.3 Å². The lowest BCUT2D eigenvalue weighted by Crippen LogP contribution is -2.38. The van der Waals surface area contributed by atoms with Crippen molar-refractivity contribution in [1.29, 1.82) is 0 Å². The van der Waals surface area contributed by atoms with E-state index in [2.05, 4.69) is 33.1 Å². The number of anilines is 1. The standard InChI is InChI=1S/C18H21N3O/c22-17-2-1-7-21(12-17)16-8-15(10-19-11-16)18-9-14(5-6-20-18)13-3-4-13/h5-6,8-11,13,17,22H,1-4,7,12H2/t17-/m0/s1. The Balaban J connectivity index is 1.62. The van der Waals surface area contributed by atoms with Crippen molar-refractivity contribution in [2.75, 3.05) is 18.0 Å². The van der Waals surface area contributed by atoms with Crippen molar-refractivity contribution in [2.45, 2.75) is 37.7 Å². The molecule has 1 atom stereocenters. The van der Waals surface area contributed by atoms with Gasteiger partial charge >= 0.3 is 0 Å². The number of pyridine rings is 2. The summed E-state index contributed by atoms with van der Waals surface area (Å²) in [6, 6.07) is 6.47. The molecule has 1 saturated carbocycles. The van der Waals surface area contributed by atoms with E-state index in [0.717, 1.165) is 42.2 Å². The van der Waals surface area contributed by atoms with Gasteiger partial charge in [-0.05, 0) is 55.4 Å². The van der Waals surface area contributed by atoms with Gasteiger partial charge in [0, 0.05) is 31.0 Å². The van der Waals surface area contributed by atoms with Gasteiger partial charge in [0.15, 0.2) is 0 Å². The normalized spacial score (nSPS) is 21.9. The predicted octanol–water partition coefficient (Wildman–Crippen LogP) is 2.98. The van der Waals surface area contributed by atoms with Gasteiger partial charge in [-0.3, -0.25) is 9.97 Å². The van der Waals surface area contributed by atoms with E-state index in [1.807, 2.05) is 18.6 Å². The van der Waals surface area contributed by atoms with Gasteiger partial charge in [0.2, 0.25) is 0 Å². The average Bonchev–Trinajstić information content (AvgIpc) is 3.40. The van der Waals surface area contributed by atoms with Crippen LogP contribution in [0.4, 0.5) is 5.69 Å². The molecule has 0 unspecified atom stereocenters. The molecule has 4 heteroatoms. The maximum atomic E-state index is 9.86. The van der Waals surface area contributed by atoms with Gasteiger partial charge in [-0.25, -0.2) is 0 Å². The summed E-state index contributed by atoms with van der Waals surface area (Å²) < 4.78 is 0. The van der Waals surface area contributed by atoms with Crippen LogP contribution in [0.3, 0.4) is 0 Å². The van der Waals surface area contributed by atoms with Crippen LogP contribution >= 0.6 is 0 Å². The number of piperidine rings is 1. The molecule has 22 heavy (non-hydrogen) atoms. The lowest BCUT2D eigenvalue weighted by atomic mass is 10.1. The maximum absolute atomic E-state index is 9.86. The molecule has 0 radical (unpaired) electrons. The Morgan fingerprint density at radius 1 is 1.14 bits per heavy atom. The van der Waals surface area contributed by atoms with Gasteiger partial charge in [-0.2, -0.15) is 0 Å². The third-order valence-electron chi connectivity index (χ3n) is 4.61. The molecule has 2 aliphatic rings. The minimum Gasteiger partial charge on any atom is -0.391 e. The number of aliphatic hydroxyl groups is 1. The molecule has 0 spiro atoms. The smallest absolute Gasteiger partial charge is 0.0721 e. The average molecular weight is 295 g/mol. The quantitative estimate of drug-likeness (QED) is 0.945. The maximum Gasteiger partial charge on any atom is 0.0721 e. The summed E-state index contributed by atoms with van der Waals surface area (Å²) in [4.78, 5) is 11.1. The van der Waals surface area contributed by atoms with E-state index in [4.69, 9.17) is 0 Å². The highest BCUT2D eigenvalue weighted by atomic mass is 16.3. The van der Waals surface area contributed by atoms with Crippen LogP contribution in [0.25, 0.3) is 11.3 Å². The fourth-order valence-corrected chi connectivity index (χ4v) is 3.21. The topological polar surface area (TPSA) is 49.2 Å². The Bertz CT molecular complexity index is 669. The van der Waals surface area contributed by atoms with E-state index in [1.54, 1.807) is 0 Å². The minimum absolute atomic E-state index is 0.228. The van der Waals surface area contributed by atoms with Crippen molar-refractivity contribution < 1.29 is 5.11 Å². The summed E-state index contributed by atoms with van der Waals surface area (Å²) in [6.45, 7) is 1.68. The highest BCUT2D eigenvalue weighted by Gasteiger charge is 2.24. The van der Waals surface area contributed by atoms with Gasteiger partial charge in [-0.1, -0.05) is 0 Å². The largest absolute Gasteiger partial charge is 0.391 e. The van der Waals surface area contributed by atoms with E-state index in [1.165, 1.54) is 18.4 Å². The molecule has 114 valence electrons. The fraction of sp³-hybridized carbons (Fsp3) is 0.444. The van der Waals surface area contributed by atoms with Crippen LogP contribution in [0.15, 0.2) is 36.8 Å². The second-order valence-corrected chi connectivity index (χ2v) is 6.42. The molecule has 2 fully saturated rings. The fourth-order valence-electron chi connectivity index (χ4n) is 3.21. The Morgan fingerprint density at radius 3 is 2.86 bits per heavy atom. The molecule has 0 amide bonds. The van der Waals surface area contributed by atoms with Crippen LogP contribution in [-0.2, 0) is 0 Å². The van der Waals surface area contributed by atoms with Crippen molar-refractivity contribution in [2.24, 2.45) is 0 Å². The van der Waals surface area contributed by atoms with Gasteiger partial charge in [0.1, 0.15) is 0 Å². The van der Waals surface area contributed by atoms with E-state index in [9.17, 15) is 5.11 Å². The van der Waals surface area contributed by atoms with Crippen LogP contribution < -0.4 is 4.90 Å². The molecule has 1 aliphatic heterocycles. The van der Waals surface area contributed by atoms with E-state index in [-0.39, 0.29) is 6.10 Å². The summed E-state index contributed by atoms with van der Waals surface area (Å²) in [5, 5.41) is 9.86. The Morgan fingerprint density at radius 2 is 2.05 bits per heavy atom. The van der Waals surface area contributed by atoms with Crippen LogP contribution in [0.5, 0.6) is 0 Å². The van der Waals surface area contributed by atoms with Crippen LogP contribution in [0, 0.1) is 0 Å². The Kier molecular flexibility index (Phi) is 3.54. The first kappa shape index (κ1) is 13.7. The molecule has 1 aliphatic carbocycles. The highest BCUT2D eigenvalue weighted by molar-refractivity contribution is 5.64. The van der Waals surface area contributed by atoms with Gasteiger partial charge < -0.3 is 10.0 Å². The highest BCUT2D eigenvalue weighted by Crippen LogP contribution is 2.40. The molecule has 1 saturated heterocycles. The molecular formula is C18H21N3O. The molecule has 2 aromatic rings. The molecule has 2 aromatic heterocycles. The summed E-state index contributed by atoms with van der Waals surface area (Å²) >= 11 is 0.